The molecule has 0 bridgehead atoms. The van der Waals surface area contributed by atoms with Gasteiger partial charge in [0.05, 0.1) is 6.10 Å². The average molecular weight is 333 g/mol. The summed E-state index contributed by atoms with van der Waals surface area (Å²) >= 11 is 0. The summed E-state index contributed by atoms with van der Waals surface area (Å²) in [6, 6.07) is 7.46. The molecule has 0 spiro atoms. The average Bonchev–Trinajstić information content (AvgIpc) is 3.05. The highest BCUT2D eigenvalue weighted by Gasteiger charge is 2.21. The summed E-state index contributed by atoms with van der Waals surface area (Å²) in [7, 11) is 1.76. The minimum absolute atomic E-state index is 0.0122. The van der Waals surface area contributed by atoms with Crippen molar-refractivity contribution in [2.24, 2.45) is 0 Å². The van der Waals surface area contributed by atoms with Crippen molar-refractivity contribution in [3.63, 3.8) is 0 Å². The van der Waals surface area contributed by atoms with Gasteiger partial charge in [-0.3, -0.25) is 4.79 Å². The third-order valence-electron chi connectivity index (χ3n) is 4.25. The van der Waals surface area contributed by atoms with Crippen LogP contribution in [0.15, 0.2) is 24.3 Å². The molecular weight excluding hydrogens is 306 g/mol. The first kappa shape index (κ1) is 18.3. The Labute approximate surface area is 143 Å². The normalized spacial score (nSPS) is 16.7. The van der Waals surface area contributed by atoms with Crippen LogP contribution in [0.1, 0.15) is 32.3 Å². The Morgan fingerprint density at radius 3 is 2.79 bits per heavy atom. The Hall–Kier alpha value is -2.08. The maximum Gasteiger partial charge on any atom is 0.321 e. The predicted molar refractivity (Wildman–Crippen MR) is 93.8 cm³/mol. The summed E-state index contributed by atoms with van der Waals surface area (Å²) < 4.78 is 5.61. The zero-order valence-electron chi connectivity index (χ0n) is 14.7. The lowest BCUT2D eigenvalue weighted by molar-refractivity contribution is -0.128. The Morgan fingerprint density at radius 2 is 2.17 bits per heavy atom. The molecule has 132 valence electrons. The van der Waals surface area contributed by atoms with Gasteiger partial charge in [-0.2, -0.15) is 0 Å². The molecule has 1 aromatic rings. The van der Waals surface area contributed by atoms with Crippen LogP contribution in [-0.4, -0.2) is 54.6 Å². The molecule has 2 rings (SSSR count). The highest BCUT2D eigenvalue weighted by molar-refractivity contribution is 5.89. The highest BCUT2D eigenvalue weighted by Crippen LogP contribution is 2.16. The fraction of sp³-hybridized carbons (Fsp3) is 0.556. The number of hydrogen-bond acceptors (Lipinski definition) is 3. The Morgan fingerprint density at radius 1 is 1.38 bits per heavy atom. The monoisotopic (exact) mass is 333 g/mol. The molecule has 1 aromatic carbocycles. The van der Waals surface area contributed by atoms with Crippen LogP contribution in [0.2, 0.25) is 0 Å². The van der Waals surface area contributed by atoms with Crippen LogP contribution in [-0.2, 0) is 16.1 Å². The van der Waals surface area contributed by atoms with E-state index in [9.17, 15) is 9.59 Å². The van der Waals surface area contributed by atoms with Gasteiger partial charge in [0.15, 0.2) is 0 Å². The van der Waals surface area contributed by atoms with Crippen LogP contribution in [0, 0.1) is 0 Å². The Bertz CT molecular complexity index is 570. The number of nitrogens with one attached hydrogen (secondary N) is 1. The molecule has 1 aliphatic heterocycles. The molecular formula is C18H27N3O3. The molecule has 0 aliphatic carbocycles. The zero-order valence-corrected chi connectivity index (χ0v) is 14.7. The second-order valence-electron chi connectivity index (χ2n) is 6.18. The number of rotatable bonds is 6. The molecule has 24 heavy (non-hydrogen) atoms. The molecule has 1 fully saturated rings. The molecule has 1 N–H and O–H groups in total. The molecule has 3 amide bonds. The first-order chi connectivity index (χ1) is 11.5. The van der Waals surface area contributed by atoms with Crippen molar-refractivity contribution in [2.75, 3.05) is 32.1 Å². The third-order valence-corrected chi connectivity index (χ3v) is 4.25. The second kappa shape index (κ2) is 8.68. The smallest absolute Gasteiger partial charge is 0.321 e. The number of carbonyl (C=O) groups excluding carboxylic acids is 2. The molecule has 1 aliphatic rings. The topological polar surface area (TPSA) is 61.9 Å². The van der Waals surface area contributed by atoms with E-state index in [0.717, 1.165) is 30.7 Å². The van der Waals surface area contributed by atoms with E-state index in [0.29, 0.717) is 19.6 Å². The number of carbonyl (C=O) groups is 2. The fourth-order valence-corrected chi connectivity index (χ4v) is 2.72. The number of hydrogen-bond donors (Lipinski definition) is 1. The Kier molecular flexibility index (Phi) is 6.61. The molecule has 0 aromatic heterocycles. The quantitative estimate of drug-likeness (QED) is 0.871. The van der Waals surface area contributed by atoms with Gasteiger partial charge < -0.3 is 19.9 Å². The molecule has 6 nitrogen and oxygen atoms in total. The number of ether oxygens (including phenoxy) is 1. The van der Waals surface area contributed by atoms with Crippen molar-refractivity contribution in [1.29, 1.82) is 0 Å². The Balaban J connectivity index is 1.95. The van der Waals surface area contributed by atoms with Crippen molar-refractivity contribution in [1.82, 2.24) is 9.80 Å². The lowest BCUT2D eigenvalue weighted by Crippen LogP contribution is -2.40. The fourth-order valence-electron chi connectivity index (χ4n) is 2.72. The third kappa shape index (κ3) is 5.23. The predicted octanol–water partition coefficient (Wildman–Crippen LogP) is 2.70. The van der Waals surface area contributed by atoms with Crippen LogP contribution in [0.5, 0.6) is 0 Å². The lowest BCUT2D eigenvalue weighted by atomic mass is 10.2. The number of anilines is 1. The summed E-state index contributed by atoms with van der Waals surface area (Å²) in [6.07, 6.45) is 2.22. The van der Waals surface area contributed by atoms with Gasteiger partial charge >= 0.3 is 6.03 Å². The van der Waals surface area contributed by atoms with E-state index in [1.807, 2.05) is 31.2 Å². The number of urea groups is 1. The van der Waals surface area contributed by atoms with Gasteiger partial charge in [-0.15, -0.1) is 0 Å². The van der Waals surface area contributed by atoms with Gasteiger partial charge in [0.1, 0.15) is 0 Å². The van der Waals surface area contributed by atoms with Crippen molar-refractivity contribution in [2.45, 2.75) is 39.3 Å². The van der Waals surface area contributed by atoms with E-state index in [2.05, 4.69) is 5.32 Å². The molecule has 1 saturated heterocycles. The molecule has 1 heterocycles. The summed E-state index contributed by atoms with van der Waals surface area (Å²) in [5.74, 6) is 0.0122. The number of nitrogens with zero attached hydrogens (tertiary/aromatic N) is 2. The summed E-state index contributed by atoms with van der Waals surface area (Å²) in [5, 5.41) is 2.94. The van der Waals surface area contributed by atoms with E-state index >= 15 is 0 Å². The van der Waals surface area contributed by atoms with Gasteiger partial charge in [-0.25, -0.2) is 4.79 Å². The zero-order chi connectivity index (χ0) is 17.5. The van der Waals surface area contributed by atoms with E-state index in [4.69, 9.17) is 4.74 Å². The van der Waals surface area contributed by atoms with E-state index in [-0.39, 0.29) is 18.0 Å². The highest BCUT2D eigenvalue weighted by atomic mass is 16.5. The number of benzene rings is 1. The van der Waals surface area contributed by atoms with Gasteiger partial charge in [-0.1, -0.05) is 12.1 Å². The number of amides is 3. The molecule has 1 unspecified atom stereocenters. The van der Waals surface area contributed by atoms with Crippen LogP contribution >= 0.6 is 0 Å². The van der Waals surface area contributed by atoms with Gasteiger partial charge in [0.2, 0.25) is 5.91 Å². The first-order valence-electron chi connectivity index (χ1n) is 8.47. The van der Waals surface area contributed by atoms with Crippen LogP contribution in [0.4, 0.5) is 10.5 Å². The van der Waals surface area contributed by atoms with Gasteiger partial charge in [-0.05, 0) is 37.5 Å². The van der Waals surface area contributed by atoms with Gasteiger partial charge in [0.25, 0.3) is 0 Å². The standard InChI is InChI=1S/C18H27N3O3/c1-4-21(13-17-9-6-10-24-17)18(23)19-16-8-5-7-15(11-16)12-20(3)14(2)22/h5,7-8,11,17H,4,6,9-10,12-13H2,1-3H3,(H,19,23). The SMILES string of the molecule is CCN(CC1CCCO1)C(=O)Nc1cccc(CN(C)C(C)=O)c1. The largest absolute Gasteiger partial charge is 0.376 e. The summed E-state index contributed by atoms with van der Waals surface area (Å²) in [5.41, 5.74) is 1.72. The molecule has 1 atom stereocenters. The number of likely N-dealkylation sites (N-methyl/N-ethyl adjacent to an activating group) is 1. The maximum absolute atomic E-state index is 12.5. The molecule has 6 heteroatoms. The second-order valence-corrected chi connectivity index (χ2v) is 6.18. The minimum atomic E-state index is -0.120. The summed E-state index contributed by atoms with van der Waals surface area (Å²) in [4.78, 5) is 27.2. The van der Waals surface area contributed by atoms with E-state index < -0.39 is 0 Å². The van der Waals surface area contributed by atoms with Gasteiger partial charge in [0, 0.05) is 45.9 Å². The molecule has 0 saturated carbocycles. The van der Waals surface area contributed by atoms with E-state index in [1.165, 1.54) is 6.92 Å². The minimum Gasteiger partial charge on any atom is -0.376 e. The van der Waals surface area contributed by atoms with Crippen LogP contribution < -0.4 is 5.32 Å². The summed E-state index contributed by atoms with van der Waals surface area (Å²) in [6.45, 7) is 6.07. The lowest BCUT2D eigenvalue weighted by Gasteiger charge is -2.24. The van der Waals surface area contributed by atoms with Crippen molar-refractivity contribution in [3.8, 4) is 0 Å². The van der Waals surface area contributed by atoms with Crippen molar-refractivity contribution >= 4 is 17.6 Å². The van der Waals surface area contributed by atoms with Crippen molar-refractivity contribution < 1.29 is 14.3 Å². The molecule has 0 radical (unpaired) electrons. The maximum atomic E-state index is 12.5. The van der Waals surface area contributed by atoms with Crippen LogP contribution in [0.25, 0.3) is 0 Å². The first-order valence-corrected chi connectivity index (χ1v) is 8.47. The van der Waals surface area contributed by atoms with E-state index in [1.54, 1.807) is 16.8 Å². The van der Waals surface area contributed by atoms with Crippen molar-refractivity contribution in [3.05, 3.63) is 29.8 Å². The van der Waals surface area contributed by atoms with Crippen LogP contribution in [0.3, 0.4) is 0 Å².